The molecule has 0 aromatic heterocycles. The van der Waals surface area contributed by atoms with Crippen LogP contribution >= 0.6 is 0 Å². The number of carbonyl (C=O) groups excluding carboxylic acids is 1. The zero-order valence-electron chi connectivity index (χ0n) is 13.0. The van der Waals surface area contributed by atoms with E-state index in [0.29, 0.717) is 25.7 Å². The smallest absolute Gasteiger partial charge is 0.256 e. The fourth-order valence-electron chi connectivity index (χ4n) is 1.94. The zero-order chi connectivity index (χ0) is 16.2. The number of nitrogen functional groups attached to an aromatic ring is 1. The van der Waals surface area contributed by atoms with Gasteiger partial charge in [0.05, 0.1) is 11.3 Å². The Kier molecular flexibility index (Phi) is 6.08. The number of hydrogen-bond donors (Lipinski definition) is 1. The number of benzene rings is 1. The van der Waals surface area contributed by atoms with Crippen molar-refractivity contribution >= 4 is 11.6 Å². The van der Waals surface area contributed by atoms with Gasteiger partial charge in [-0.05, 0) is 26.1 Å². The van der Waals surface area contributed by atoms with Crippen LogP contribution in [-0.2, 0) is 0 Å². The Bertz CT molecular complexity index is 504. The highest BCUT2D eigenvalue weighted by atomic mass is 19.1. The number of likely N-dealkylation sites (N-methyl/N-ethyl adjacent to an activating group) is 1. The van der Waals surface area contributed by atoms with Crippen LogP contribution in [0.1, 0.15) is 24.2 Å². The zero-order valence-corrected chi connectivity index (χ0v) is 13.0. The van der Waals surface area contributed by atoms with Crippen molar-refractivity contribution in [3.05, 3.63) is 29.3 Å². The van der Waals surface area contributed by atoms with Crippen LogP contribution in [0.5, 0.6) is 0 Å². The van der Waals surface area contributed by atoms with E-state index in [0.717, 1.165) is 6.07 Å². The first kappa shape index (κ1) is 17.4. The molecule has 0 radical (unpaired) electrons. The molecule has 1 aromatic carbocycles. The monoisotopic (exact) mass is 299 g/mol. The van der Waals surface area contributed by atoms with E-state index in [1.165, 1.54) is 0 Å². The Hall–Kier alpha value is -1.69. The molecule has 1 amide bonds. The summed E-state index contributed by atoms with van der Waals surface area (Å²) in [7, 11) is 3.79. The number of anilines is 1. The van der Waals surface area contributed by atoms with E-state index in [4.69, 9.17) is 5.73 Å². The molecule has 2 N–H and O–H groups in total. The highest BCUT2D eigenvalue weighted by Crippen LogP contribution is 2.19. The van der Waals surface area contributed by atoms with Crippen LogP contribution in [0.15, 0.2) is 12.1 Å². The molecule has 0 bridgehead atoms. The second kappa shape index (κ2) is 7.36. The van der Waals surface area contributed by atoms with Gasteiger partial charge in [-0.25, -0.2) is 8.78 Å². The number of hydrogen-bond acceptors (Lipinski definition) is 3. The molecule has 0 saturated carbocycles. The largest absolute Gasteiger partial charge is 0.396 e. The lowest BCUT2D eigenvalue weighted by atomic mass is 10.1. The maximum atomic E-state index is 13.8. The third-order valence-corrected chi connectivity index (χ3v) is 3.01. The molecule has 21 heavy (non-hydrogen) atoms. The fraction of sp³-hybridized carbons (Fsp3) is 0.533. The van der Waals surface area contributed by atoms with Crippen molar-refractivity contribution in [1.82, 2.24) is 9.80 Å². The minimum Gasteiger partial charge on any atom is -0.396 e. The maximum absolute atomic E-state index is 13.8. The summed E-state index contributed by atoms with van der Waals surface area (Å²) in [6, 6.07) is 1.72. The number of nitrogens with two attached hydrogens (primary N) is 1. The van der Waals surface area contributed by atoms with Crippen molar-refractivity contribution < 1.29 is 13.6 Å². The van der Waals surface area contributed by atoms with Gasteiger partial charge in [0.1, 0.15) is 11.6 Å². The third kappa shape index (κ3) is 4.97. The molecule has 118 valence electrons. The molecule has 4 nitrogen and oxygen atoms in total. The number of amides is 1. The molecule has 0 heterocycles. The van der Waals surface area contributed by atoms with Crippen LogP contribution in [0.2, 0.25) is 0 Å². The SMILES string of the molecule is CC(C)CN(CCN(C)C)C(=O)c1cc(N)c(F)cc1F. The minimum absolute atomic E-state index is 0.187. The second-order valence-corrected chi connectivity index (χ2v) is 5.80. The Labute approximate surface area is 124 Å². The highest BCUT2D eigenvalue weighted by Gasteiger charge is 2.21. The highest BCUT2D eigenvalue weighted by molar-refractivity contribution is 5.95. The van der Waals surface area contributed by atoms with E-state index >= 15 is 0 Å². The van der Waals surface area contributed by atoms with Crippen LogP contribution in [0, 0.1) is 17.6 Å². The van der Waals surface area contributed by atoms with Crippen molar-refractivity contribution in [2.45, 2.75) is 13.8 Å². The Balaban J connectivity index is 3.01. The lowest BCUT2D eigenvalue weighted by Gasteiger charge is -2.26. The molecule has 0 fully saturated rings. The van der Waals surface area contributed by atoms with Crippen molar-refractivity contribution in [3.63, 3.8) is 0 Å². The summed E-state index contributed by atoms with van der Waals surface area (Å²) in [5.41, 5.74) is 5.02. The third-order valence-electron chi connectivity index (χ3n) is 3.01. The normalized spacial score (nSPS) is 11.2. The Morgan fingerprint density at radius 2 is 1.81 bits per heavy atom. The molecule has 0 atom stereocenters. The standard InChI is InChI=1S/C15H23F2N3O/c1-10(2)9-20(6-5-19(3)4)15(21)11-7-14(18)13(17)8-12(11)16/h7-8,10H,5-6,9,18H2,1-4H3. The van der Waals surface area contributed by atoms with Crippen molar-refractivity contribution in [3.8, 4) is 0 Å². The van der Waals surface area contributed by atoms with Crippen LogP contribution < -0.4 is 5.73 Å². The number of halogens is 2. The van der Waals surface area contributed by atoms with Crippen LogP contribution in [-0.4, -0.2) is 49.4 Å². The van der Waals surface area contributed by atoms with Gasteiger partial charge in [-0.15, -0.1) is 0 Å². The second-order valence-electron chi connectivity index (χ2n) is 5.80. The van der Waals surface area contributed by atoms with Gasteiger partial charge in [0.25, 0.3) is 5.91 Å². The molecule has 0 aliphatic carbocycles. The number of carbonyl (C=O) groups is 1. The maximum Gasteiger partial charge on any atom is 0.256 e. The predicted octanol–water partition coefficient (Wildman–Crippen LogP) is 2.21. The van der Waals surface area contributed by atoms with E-state index < -0.39 is 17.5 Å². The summed E-state index contributed by atoms with van der Waals surface area (Å²) in [5, 5.41) is 0. The van der Waals surface area contributed by atoms with Crippen LogP contribution in [0.25, 0.3) is 0 Å². The van der Waals surface area contributed by atoms with Crippen LogP contribution in [0.3, 0.4) is 0 Å². The van der Waals surface area contributed by atoms with Gasteiger partial charge < -0.3 is 15.5 Å². The quantitative estimate of drug-likeness (QED) is 0.819. The van der Waals surface area contributed by atoms with Gasteiger partial charge in [0.15, 0.2) is 0 Å². The molecule has 1 aromatic rings. The number of nitrogens with zero attached hydrogens (tertiary/aromatic N) is 2. The topological polar surface area (TPSA) is 49.6 Å². The Morgan fingerprint density at radius 1 is 1.19 bits per heavy atom. The van der Waals surface area contributed by atoms with E-state index in [1.807, 2.05) is 32.8 Å². The van der Waals surface area contributed by atoms with Gasteiger partial charge >= 0.3 is 0 Å². The van der Waals surface area contributed by atoms with E-state index in [-0.39, 0.29) is 17.2 Å². The molecule has 6 heteroatoms. The molecule has 0 aliphatic heterocycles. The van der Waals surface area contributed by atoms with E-state index in [9.17, 15) is 13.6 Å². The van der Waals surface area contributed by atoms with Gasteiger partial charge in [-0.3, -0.25) is 4.79 Å². The summed E-state index contributed by atoms with van der Waals surface area (Å²) >= 11 is 0. The molecule has 0 aliphatic rings. The summed E-state index contributed by atoms with van der Waals surface area (Å²) < 4.78 is 27.0. The van der Waals surface area contributed by atoms with Gasteiger partial charge in [-0.2, -0.15) is 0 Å². The van der Waals surface area contributed by atoms with Crippen molar-refractivity contribution in [2.75, 3.05) is 39.5 Å². The summed E-state index contributed by atoms with van der Waals surface area (Å²) in [6.07, 6.45) is 0. The van der Waals surface area contributed by atoms with Gasteiger partial charge in [0.2, 0.25) is 0 Å². The molecule has 0 spiro atoms. The van der Waals surface area contributed by atoms with Gasteiger partial charge in [0, 0.05) is 25.7 Å². The predicted molar refractivity (Wildman–Crippen MR) is 80.1 cm³/mol. The van der Waals surface area contributed by atoms with E-state index in [2.05, 4.69) is 0 Å². The minimum atomic E-state index is -0.884. The first-order valence-corrected chi connectivity index (χ1v) is 6.91. The summed E-state index contributed by atoms with van der Waals surface area (Å²) in [6.45, 7) is 5.59. The van der Waals surface area contributed by atoms with E-state index in [1.54, 1.807) is 4.90 Å². The first-order valence-electron chi connectivity index (χ1n) is 6.91. The molecular formula is C15H23F2N3O. The molecule has 1 rings (SSSR count). The van der Waals surface area contributed by atoms with Crippen molar-refractivity contribution in [1.29, 1.82) is 0 Å². The molecular weight excluding hydrogens is 276 g/mol. The fourth-order valence-corrected chi connectivity index (χ4v) is 1.94. The average Bonchev–Trinajstić information content (AvgIpc) is 2.37. The number of rotatable bonds is 6. The lowest BCUT2D eigenvalue weighted by Crippen LogP contribution is -2.39. The molecule has 0 saturated heterocycles. The summed E-state index contributed by atoms with van der Waals surface area (Å²) in [4.78, 5) is 16.0. The van der Waals surface area contributed by atoms with Crippen LogP contribution in [0.4, 0.5) is 14.5 Å². The first-order chi connectivity index (χ1) is 9.72. The van der Waals surface area contributed by atoms with Crippen molar-refractivity contribution in [2.24, 2.45) is 5.92 Å². The lowest BCUT2D eigenvalue weighted by molar-refractivity contribution is 0.0720. The Morgan fingerprint density at radius 3 is 2.33 bits per heavy atom. The average molecular weight is 299 g/mol. The summed E-state index contributed by atoms with van der Waals surface area (Å²) in [5.74, 6) is -1.95. The molecule has 0 unspecified atom stereocenters. The van der Waals surface area contributed by atoms with Gasteiger partial charge in [-0.1, -0.05) is 13.8 Å².